The third-order valence-electron chi connectivity index (χ3n) is 4.13. The van der Waals surface area contributed by atoms with Crippen LogP contribution in [-0.4, -0.2) is 36.2 Å². The lowest BCUT2D eigenvalue weighted by Gasteiger charge is -2.30. The molecule has 1 aromatic heterocycles. The van der Waals surface area contributed by atoms with Crippen molar-refractivity contribution >= 4 is 6.03 Å². The van der Waals surface area contributed by atoms with Crippen molar-refractivity contribution in [1.82, 2.24) is 15.4 Å². The summed E-state index contributed by atoms with van der Waals surface area (Å²) in [4.78, 5) is 13.4. The summed E-state index contributed by atoms with van der Waals surface area (Å²) in [6.07, 6.45) is 1.75. The number of aromatic nitrogens is 1. The van der Waals surface area contributed by atoms with Gasteiger partial charge in [-0.2, -0.15) is 0 Å². The molecule has 2 amide bonds. The van der Waals surface area contributed by atoms with Crippen molar-refractivity contribution in [3.8, 4) is 5.88 Å². The quantitative estimate of drug-likeness (QED) is 0.942. The van der Waals surface area contributed by atoms with E-state index in [4.69, 9.17) is 9.26 Å². The fourth-order valence-electron chi connectivity index (χ4n) is 2.79. The maximum Gasteiger partial charge on any atom is 0.317 e. The van der Waals surface area contributed by atoms with Crippen LogP contribution < -0.4 is 10.1 Å². The smallest absolute Gasteiger partial charge is 0.317 e. The van der Waals surface area contributed by atoms with Gasteiger partial charge in [-0.3, -0.25) is 0 Å². The Hall–Kier alpha value is -2.50. The SMILES string of the molecule is CNC(=O)N1CCC(c2cc(OCc3ccccc3)no2)CC1. The standard InChI is InChI=1S/C17H21N3O3/c1-18-17(21)20-9-7-14(8-10-20)15-11-16(19-23-15)22-12-13-5-3-2-4-6-13/h2-6,11,14H,7-10,12H2,1H3,(H,18,21). The van der Waals surface area contributed by atoms with Crippen LogP contribution in [0.4, 0.5) is 4.79 Å². The van der Waals surface area contributed by atoms with Gasteiger partial charge in [0.25, 0.3) is 5.88 Å². The summed E-state index contributed by atoms with van der Waals surface area (Å²) in [7, 11) is 1.65. The van der Waals surface area contributed by atoms with Crippen molar-refractivity contribution in [3.05, 3.63) is 47.7 Å². The highest BCUT2D eigenvalue weighted by Crippen LogP contribution is 2.30. The predicted octanol–water partition coefficient (Wildman–Crippen LogP) is 2.77. The van der Waals surface area contributed by atoms with E-state index in [2.05, 4.69) is 10.5 Å². The number of likely N-dealkylation sites (tertiary alicyclic amines) is 1. The normalized spacial score (nSPS) is 15.4. The van der Waals surface area contributed by atoms with Crippen LogP contribution in [0.15, 0.2) is 40.9 Å². The molecule has 1 aromatic carbocycles. The molecule has 0 bridgehead atoms. The summed E-state index contributed by atoms with van der Waals surface area (Å²) in [5.74, 6) is 1.64. The van der Waals surface area contributed by atoms with Crippen LogP contribution in [0, 0.1) is 0 Å². The molecule has 1 N–H and O–H groups in total. The molecule has 1 aliphatic heterocycles. The molecule has 0 radical (unpaired) electrons. The summed E-state index contributed by atoms with van der Waals surface area (Å²) >= 11 is 0. The zero-order chi connectivity index (χ0) is 16.1. The predicted molar refractivity (Wildman–Crippen MR) is 85.3 cm³/mol. The van der Waals surface area contributed by atoms with Gasteiger partial charge in [0, 0.05) is 32.1 Å². The van der Waals surface area contributed by atoms with Gasteiger partial charge in [0.1, 0.15) is 12.4 Å². The van der Waals surface area contributed by atoms with E-state index >= 15 is 0 Å². The van der Waals surface area contributed by atoms with Gasteiger partial charge in [-0.25, -0.2) is 4.79 Å². The molecule has 0 aliphatic carbocycles. The first-order chi connectivity index (χ1) is 11.3. The molecule has 1 aliphatic rings. The largest absolute Gasteiger partial charge is 0.471 e. The lowest BCUT2D eigenvalue weighted by atomic mass is 9.94. The van der Waals surface area contributed by atoms with Crippen molar-refractivity contribution in [3.63, 3.8) is 0 Å². The van der Waals surface area contributed by atoms with Gasteiger partial charge in [0.15, 0.2) is 0 Å². The van der Waals surface area contributed by atoms with E-state index < -0.39 is 0 Å². The molecule has 0 spiro atoms. The second-order valence-corrected chi connectivity index (χ2v) is 5.66. The number of hydrogen-bond acceptors (Lipinski definition) is 4. The van der Waals surface area contributed by atoms with Gasteiger partial charge in [0.05, 0.1) is 0 Å². The fraction of sp³-hybridized carbons (Fsp3) is 0.412. The molecular weight excluding hydrogens is 294 g/mol. The van der Waals surface area contributed by atoms with Gasteiger partial charge >= 0.3 is 6.03 Å². The molecule has 3 rings (SSSR count). The first kappa shape index (κ1) is 15.4. The Morgan fingerprint density at radius 3 is 2.78 bits per heavy atom. The molecule has 23 heavy (non-hydrogen) atoms. The minimum Gasteiger partial charge on any atom is -0.471 e. The highest BCUT2D eigenvalue weighted by Gasteiger charge is 2.26. The van der Waals surface area contributed by atoms with Crippen LogP contribution in [-0.2, 0) is 6.61 Å². The maximum atomic E-state index is 11.6. The third kappa shape index (κ3) is 3.83. The Kier molecular flexibility index (Phi) is 4.80. The number of piperidine rings is 1. The first-order valence-electron chi connectivity index (χ1n) is 7.86. The first-order valence-corrected chi connectivity index (χ1v) is 7.86. The Balaban J connectivity index is 1.52. The van der Waals surface area contributed by atoms with Gasteiger partial charge in [0.2, 0.25) is 0 Å². The number of nitrogens with one attached hydrogen (secondary N) is 1. The molecule has 6 heteroatoms. The molecule has 0 unspecified atom stereocenters. The fourth-order valence-corrected chi connectivity index (χ4v) is 2.79. The van der Waals surface area contributed by atoms with Crippen molar-refractivity contribution in [2.75, 3.05) is 20.1 Å². The summed E-state index contributed by atoms with van der Waals surface area (Å²) in [5.41, 5.74) is 1.09. The summed E-state index contributed by atoms with van der Waals surface area (Å²) in [5, 5.41) is 6.64. The lowest BCUT2D eigenvalue weighted by Crippen LogP contribution is -2.42. The van der Waals surface area contributed by atoms with Crippen LogP contribution in [0.3, 0.4) is 0 Å². The molecule has 2 heterocycles. The minimum atomic E-state index is -0.0205. The van der Waals surface area contributed by atoms with Crippen LogP contribution in [0.2, 0.25) is 0 Å². The Morgan fingerprint density at radius 1 is 1.35 bits per heavy atom. The molecule has 2 aromatic rings. The lowest BCUT2D eigenvalue weighted by molar-refractivity contribution is 0.178. The van der Waals surface area contributed by atoms with Crippen molar-refractivity contribution in [2.24, 2.45) is 0 Å². The van der Waals surface area contributed by atoms with Crippen molar-refractivity contribution < 1.29 is 14.1 Å². The van der Waals surface area contributed by atoms with Gasteiger partial charge < -0.3 is 19.5 Å². The monoisotopic (exact) mass is 315 g/mol. The number of urea groups is 1. The number of hydrogen-bond donors (Lipinski definition) is 1. The molecule has 1 fully saturated rings. The number of carbonyl (C=O) groups is 1. The number of ether oxygens (including phenoxy) is 1. The maximum absolute atomic E-state index is 11.6. The Bertz CT molecular complexity index is 634. The summed E-state index contributed by atoms with van der Waals surface area (Å²) < 4.78 is 11.1. The highest BCUT2D eigenvalue weighted by molar-refractivity contribution is 5.73. The van der Waals surface area contributed by atoms with E-state index in [0.717, 1.165) is 37.3 Å². The number of carbonyl (C=O) groups excluding carboxylic acids is 1. The molecule has 0 atom stereocenters. The Labute approximate surface area is 135 Å². The van der Waals surface area contributed by atoms with Gasteiger partial charge in [-0.05, 0) is 23.6 Å². The van der Waals surface area contributed by atoms with Crippen molar-refractivity contribution in [1.29, 1.82) is 0 Å². The van der Waals surface area contributed by atoms with E-state index in [1.807, 2.05) is 41.3 Å². The highest BCUT2D eigenvalue weighted by atomic mass is 16.5. The molecule has 1 saturated heterocycles. The molecule has 122 valence electrons. The Morgan fingerprint density at radius 2 is 2.09 bits per heavy atom. The average molecular weight is 315 g/mol. The second-order valence-electron chi connectivity index (χ2n) is 5.66. The van der Waals surface area contributed by atoms with Gasteiger partial charge in [-0.15, -0.1) is 0 Å². The minimum absolute atomic E-state index is 0.0205. The van der Waals surface area contributed by atoms with E-state index in [1.165, 1.54) is 0 Å². The van der Waals surface area contributed by atoms with E-state index in [-0.39, 0.29) is 11.9 Å². The second kappa shape index (κ2) is 7.17. The van der Waals surface area contributed by atoms with Crippen LogP contribution >= 0.6 is 0 Å². The van der Waals surface area contributed by atoms with E-state index in [9.17, 15) is 4.79 Å². The zero-order valence-electron chi connectivity index (χ0n) is 13.2. The summed E-state index contributed by atoms with van der Waals surface area (Å²) in [6, 6.07) is 11.8. The van der Waals surface area contributed by atoms with E-state index in [1.54, 1.807) is 7.05 Å². The van der Waals surface area contributed by atoms with Crippen LogP contribution in [0.1, 0.15) is 30.1 Å². The number of benzene rings is 1. The third-order valence-corrected chi connectivity index (χ3v) is 4.13. The molecule has 6 nitrogen and oxygen atoms in total. The number of amides is 2. The van der Waals surface area contributed by atoms with Gasteiger partial charge in [-0.1, -0.05) is 30.3 Å². The van der Waals surface area contributed by atoms with Crippen molar-refractivity contribution in [2.45, 2.75) is 25.4 Å². The van der Waals surface area contributed by atoms with Crippen LogP contribution in [0.5, 0.6) is 5.88 Å². The van der Waals surface area contributed by atoms with Crippen LogP contribution in [0.25, 0.3) is 0 Å². The molecular formula is C17H21N3O3. The van der Waals surface area contributed by atoms with E-state index in [0.29, 0.717) is 12.5 Å². The zero-order valence-corrected chi connectivity index (χ0v) is 13.2. The molecule has 0 saturated carbocycles. The number of nitrogens with zero attached hydrogens (tertiary/aromatic N) is 2. The number of rotatable bonds is 4. The average Bonchev–Trinajstić information content (AvgIpc) is 3.09. The summed E-state index contributed by atoms with van der Waals surface area (Å²) in [6.45, 7) is 1.93. The topological polar surface area (TPSA) is 67.6 Å².